The fourth-order valence-corrected chi connectivity index (χ4v) is 4.85. The summed E-state index contributed by atoms with van der Waals surface area (Å²) in [7, 11) is 0. The standard InChI is InChI=1S/C12H20OS2/c1-10(12-9-14-6-7-15-12)13-8-11-4-2-3-5-11/h8,10,12H,2-7,9H2,1H3. The van der Waals surface area contributed by atoms with Gasteiger partial charge in [-0.3, -0.25) is 0 Å². The van der Waals surface area contributed by atoms with E-state index in [1.165, 1.54) is 48.5 Å². The van der Waals surface area contributed by atoms with E-state index in [2.05, 4.69) is 36.7 Å². The Bertz CT molecular complexity index is 214. The van der Waals surface area contributed by atoms with Crippen molar-refractivity contribution in [2.45, 2.75) is 44.0 Å². The Morgan fingerprint density at radius 1 is 1.33 bits per heavy atom. The number of ether oxygens (including phenoxy) is 1. The van der Waals surface area contributed by atoms with Crippen LogP contribution in [0.2, 0.25) is 0 Å². The van der Waals surface area contributed by atoms with E-state index in [1.807, 2.05) is 0 Å². The largest absolute Gasteiger partial charge is 0.497 e. The van der Waals surface area contributed by atoms with E-state index in [0.29, 0.717) is 11.4 Å². The molecule has 0 radical (unpaired) electrons. The van der Waals surface area contributed by atoms with E-state index < -0.39 is 0 Å². The lowest BCUT2D eigenvalue weighted by Crippen LogP contribution is -2.27. The Hall–Kier alpha value is 0.240. The van der Waals surface area contributed by atoms with Crippen LogP contribution in [0.25, 0.3) is 0 Å². The molecule has 2 atom stereocenters. The molecule has 2 aliphatic rings. The summed E-state index contributed by atoms with van der Waals surface area (Å²) in [5, 5.41) is 0.696. The van der Waals surface area contributed by atoms with Gasteiger partial charge in [0.1, 0.15) is 6.10 Å². The Kier molecular flexibility index (Phi) is 4.76. The molecule has 1 aliphatic carbocycles. The van der Waals surface area contributed by atoms with Crippen LogP contribution in [0.3, 0.4) is 0 Å². The van der Waals surface area contributed by atoms with Crippen LogP contribution in [0.4, 0.5) is 0 Å². The van der Waals surface area contributed by atoms with Crippen molar-refractivity contribution in [1.29, 1.82) is 0 Å². The molecule has 1 saturated carbocycles. The molecule has 86 valence electrons. The highest BCUT2D eigenvalue weighted by Gasteiger charge is 2.21. The Balaban J connectivity index is 1.75. The van der Waals surface area contributed by atoms with Crippen LogP contribution in [-0.4, -0.2) is 28.6 Å². The normalized spacial score (nSPS) is 28.9. The Morgan fingerprint density at radius 2 is 2.13 bits per heavy atom. The van der Waals surface area contributed by atoms with Crippen LogP contribution in [0.5, 0.6) is 0 Å². The maximum absolute atomic E-state index is 5.87. The summed E-state index contributed by atoms with van der Waals surface area (Å²) in [6.07, 6.45) is 7.68. The lowest BCUT2D eigenvalue weighted by molar-refractivity contribution is 0.161. The van der Waals surface area contributed by atoms with Crippen molar-refractivity contribution in [1.82, 2.24) is 0 Å². The second kappa shape index (κ2) is 6.09. The molecular formula is C12H20OS2. The van der Waals surface area contributed by atoms with Gasteiger partial charge in [0.05, 0.1) is 11.5 Å². The maximum atomic E-state index is 5.87. The van der Waals surface area contributed by atoms with Crippen molar-refractivity contribution in [3.05, 3.63) is 11.8 Å². The van der Waals surface area contributed by atoms with Gasteiger partial charge in [-0.05, 0) is 38.2 Å². The molecule has 1 saturated heterocycles. The molecule has 0 spiro atoms. The minimum Gasteiger partial charge on any atom is -0.497 e. The average molecular weight is 244 g/mol. The molecule has 0 aromatic rings. The highest BCUT2D eigenvalue weighted by Crippen LogP contribution is 2.29. The number of rotatable bonds is 3. The highest BCUT2D eigenvalue weighted by molar-refractivity contribution is 8.06. The first-order valence-electron chi connectivity index (χ1n) is 5.89. The van der Waals surface area contributed by atoms with E-state index in [-0.39, 0.29) is 0 Å². The van der Waals surface area contributed by atoms with E-state index in [0.717, 1.165) is 0 Å². The summed E-state index contributed by atoms with van der Waals surface area (Å²) in [5.74, 6) is 3.86. The van der Waals surface area contributed by atoms with Gasteiger partial charge in [-0.15, -0.1) is 0 Å². The zero-order valence-electron chi connectivity index (χ0n) is 9.41. The van der Waals surface area contributed by atoms with Crippen LogP contribution in [-0.2, 0) is 4.74 Å². The monoisotopic (exact) mass is 244 g/mol. The molecule has 2 rings (SSSR count). The first-order chi connectivity index (χ1) is 7.36. The summed E-state index contributed by atoms with van der Waals surface area (Å²) < 4.78 is 5.87. The van der Waals surface area contributed by atoms with E-state index in [4.69, 9.17) is 4.74 Å². The lowest BCUT2D eigenvalue weighted by atomic mass is 10.2. The van der Waals surface area contributed by atoms with E-state index in [9.17, 15) is 0 Å². The van der Waals surface area contributed by atoms with Gasteiger partial charge in [0.25, 0.3) is 0 Å². The SMILES string of the molecule is CC(OC=C1CCCC1)C1CSCCS1. The second-order valence-electron chi connectivity index (χ2n) is 4.31. The highest BCUT2D eigenvalue weighted by atomic mass is 32.2. The summed E-state index contributed by atoms with van der Waals surface area (Å²) in [5.41, 5.74) is 1.52. The van der Waals surface area contributed by atoms with Crippen molar-refractivity contribution < 1.29 is 4.74 Å². The van der Waals surface area contributed by atoms with Gasteiger partial charge in [0, 0.05) is 17.3 Å². The van der Waals surface area contributed by atoms with E-state index in [1.54, 1.807) is 0 Å². The van der Waals surface area contributed by atoms with Crippen LogP contribution in [0.15, 0.2) is 11.8 Å². The minimum absolute atomic E-state index is 0.385. The van der Waals surface area contributed by atoms with Crippen molar-refractivity contribution >= 4 is 23.5 Å². The predicted molar refractivity (Wildman–Crippen MR) is 70.7 cm³/mol. The molecular weight excluding hydrogens is 224 g/mol. The third-order valence-corrected chi connectivity index (χ3v) is 6.04. The third-order valence-electron chi connectivity index (χ3n) is 3.06. The molecule has 1 aliphatic heterocycles. The lowest BCUT2D eigenvalue weighted by Gasteiger charge is -2.26. The molecule has 0 aromatic carbocycles. The number of allylic oxidation sites excluding steroid dienone is 1. The predicted octanol–water partition coefficient (Wildman–Crippen LogP) is 3.70. The molecule has 0 bridgehead atoms. The van der Waals surface area contributed by atoms with Gasteiger partial charge in [0.15, 0.2) is 0 Å². The van der Waals surface area contributed by atoms with Crippen LogP contribution in [0, 0.1) is 0 Å². The molecule has 0 aromatic heterocycles. The molecule has 3 heteroatoms. The average Bonchev–Trinajstić information content (AvgIpc) is 2.80. The third kappa shape index (κ3) is 3.63. The fraction of sp³-hybridized carbons (Fsp3) is 0.833. The van der Waals surface area contributed by atoms with Gasteiger partial charge < -0.3 is 4.74 Å². The van der Waals surface area contributed by atoms with Gasteiger partial charge in [-0.2, -0.15) is 23.5 Å². The smallest absolute Gasteiger partial charge is 0.108 e. The second-order valence-corrected chi connectivity index (χ2v) is 6.81. The summed E-state index contributed by atoms with van der Waals surface area (Å²) in [4.78, 5) is 0. The first kappa shape index (κ1) is 11.7. The maximum Gasteiger partial charge on any atom is 0.108 e. The van der Waals surface area contributed by atoms with Gasteiger partial charge in [0.2, 0.25) is 0 Å². The molecule has 1 nitrogen and oxygen atoms in total. The van der Waals surface area contributed by atoms with Gasteiger partial charge >= 0.3 is 0 Å². The van der Waals surface area contributed by atoms with Gasteiger partial charge in [-0.25, -0.2) is 0 Å². The minimum atomic E-state index is 0.385. The Labute approximate surface area is 101 Å². The molecule has 15 heavy (non-hydrogen) atoms. The topological polar surface area (TPSA) is 9.23 Å². The zero-order valence-corrected chi connectivity index (χ0v) is 11.0. The molecule has 2 fully saturated rings. The van der Waals surface area contributed by atoms with Crippen molar-refractivity contribution in [2.75, 3.05) is 17.3 Å². The quantitative estimate of drug-likeness (QED) is 0.701. The van der Waals surface area contributed by atoms with Crippen molar-refractivity contribution in [3.63, 3.8) is 0 Å². The summed E-state index contributed by atoms with van der Waals surface area (Å²) in [6, 6.07) is 0. The van der Waals surface area contributed by atoms with Crippen LogP contribution in [0.1, 0.15) is 32.6 Å². The molecule has 0 N–H and O–H groups in total. The van der Waals surface area contributed by atoms with Crippen molar-refractivity contribution in [3.8, 4) is 0 Å². The number of thioether (sulfide) groups is 2. The molecule has 1 heterocycles. The van der Waals surface area contributed by atoms with Gasteiger partial charge in [-0.1, -0.05) is 0 Å². The fourth-order valence-electron chi connectivity index (χ4n) is 2.02. The number of hydrogen-bond donors (Lipinski definition) is 0. The van der Waals surface area contributed by atoms with Crippen molar-refractivity contribution in [2.24, 2.45) is 0 Å². The summed E-state index contributed by atoms with van der Waals surface area (Å²) >= 11 is 4.15. The van der Waals surface area contributed by atoms with E-state index >= 15 is 0 Å². The first-order valence-corrected chi connectivity index (χ1v) is 8.09. The number of hydrogen-bond acceptors (Lipinski definition) is 3. The van der Waals surface area contributed by atoms with Crippen LogP contribution < -0.4 is 0 Å². The zero-order chi connectivity index (χ0) is 10.5. The summed E-state index contributed by atoms with van der Waals surface area (Å²) in [6.45, 7) is 2.22. The molecule has 0 amide bonds. The Morgan fingerprint density at radius 3 is 2.80 bits per heavy atom. The molecule has 2 unspecified atom stereocenters. The van der Waals surface area contributed by atoms with Crippen LogP contribution >= 0.6 is 23.5 Å².